The van der Waals surface area contributed by atoms with E-state index in [9.17, 15) is 31.1 Å². The Morgan fingerprint density at radius 1 is 1.28 bits per heavy atom. The van der Waals surface area contributed by atoms with E-state index in [1.807, 2.05) is 0 Å². The maximum atomic E-state index is 13.2. The number of thioether (sulfide) groups is 1. The molecule has 1 unspecified atom stereocenters. The van der Waals surface area contributed by atoms with Crippen LogP contribution in [0.2, 0.25) is 5.15 Å². The Hall–Kier alpha value is -2.02. The largest absolute Gasteiger partial charge is 0.476 e. The number of carbonyl (C=O) groups is 1. The van der Waals surface area contributed by atoms with Crippen molar-refractivity contribution < 1.29 is 35.9 Å². The standard InChI is InChI=1S/C15H13ClF6N4O2S/c1-2-24-8(5-26-9(15(20,21)22)4-10(16)23-26)3-11(27)25-6-12(29-13(24)25)28-7-14(17,18)19/h3-4,6,13H,2,5,7H2,1H3. The lowest BCUT2D eigenvalue weighted by Gasteiger charge is -2.39. The lowest BCUT2D eigenvalue weighted by Crippen LogP contribution is -2.48. The molecule has 0 aromatic carbocycles. The molecule has 0 radical (unpaired) electrons. The van der Waals surface area contributed by atoms with Gasteiger partial charge in [-0.05, 0) is 18.7 Å². The van der Waals surface area contributed by atoms with Crippen molar-refractivity contribution in [2.45, 2.75) is 31.3 Å². The number of rotatable bonds is 5. The summed E-state index contributed by atoms with van der Waals surface area (Å²) in [6.45, 7) is 0.0419. The minimum Gasteiger partial charge on any atom is -0.476 e. The maximum absolute atomic E-state index is 13.2. The van der Waals surface area contributed by atoms with Crippen LogP contribution in [-0.4, -0.2) is 50.3 Å². The SMILES string of the molecule is CCN1C(Cn2nc(Cl)cc2C(F)(F)F)=CC(=O)N2C=C(OCC(F)(F)F)SC21. The molecule has 0 N–H and O–H groups in total. The third-order valence-electron chi connectivity index (χ3n) is 3.96. The Morgan fingerprint density at radius 3 is 2.55 bits per heavy atom. The lowest BCUT2D eigenvalue weighted by molar-refractivity contribution is -0.162. The highest BCUT2D eigenvalue weighted by Gasteiger charge is 2.41. The highest BCUT2D eigenvalue weighted by molar-refractivity contribution is 8.03. The van der Waals surface area contributed by atoms with E-state index in [1.54, 1.807) is 11.8 Å². The quantitative estimate of drug-likeness (QED) is 0.619. The molecule has 0 fully saturated rings. The van der Waals surface area contributed by atoms with Gasteiger partial charge in [-0.1, -0.05) is 11.6 Å². The molecule has 3 heterocycles. The number of fused-ring (bicyclic) bond motifs is 1. The number of ether oxygens (including phenoxy) is 1. The molecule has 14 heteroatoms. The van der Waals surface area contributed by atoms with Crippen molar-refractivity contribution in [3.05, 3.63) is 40.0 Å². The van der Waals surface area contributed by atoms with Gasteiger partial charge in [0.2, 0.25) is 0 Å². The number of halogens is 7. The van der Waals surface area contributed by atoms with Gasteiger partial charge in [0, 0.05) is 24.4 Å². The lowest BCUT2D eigenvalue weighted by atomic mass is 10.2. The molecule has 6 nitrogen and oxygen atoms in total. The van der Waals surface area contributed by atoms with E-state index in [4.69, 9.17) is 16.3 Å². The molecule has 3 rings (SSSR count). The van der Waals surface area contributed by atoms with Gasteiger partial charge in [0.05, 0.1) is 12.7 Å². The van der Waals surface area contributed by atoms with Gasteiger partial charge in [0.25, 0.3) is 5.91 Å². The second kappa shape index (κ2) is 7.67. The maximum Gasteiger partial charge on any atom is 0.433 e. The molecule has 0 spiro atoms. The summed E-state index contributed by atoms with van der Waals surface area (Å²) in [4.78, 5) is 15.1. The molecule has 160 valence electrons. The highest BCUT2D eigenvalue weighted by Crippen LogP contribution is 2.41. The van der Waals surface area contributed by atoms with Crippen LogP contribution in [0.5, 0.6) is 0 Å². The Bertz CT molecular complexity index is 866. The van der Waals surface area contributed by atoms with Crippen LogP contribution in [0.1, 0.15) is 12.6 Å². The molecule has 0 aliphatic carbocycles. The molecule has 29 heavy (non-hydrogen) atoms. The van der Waals surface area contributed by atoms with Crippen molar-refractivity contribution in [3.8, 4) is 0 Å². The van der Waals surface area contributed by atoms with Gasteiger partial charge in [0.15, 0.2) is 22.3 Å². The third-order valence-corrected chi connectivity index (χ3v) is 5.29. The zero-order valence-electron chi connectivity index (χ0n) is 14.6. The Balaban J connectivity index is 1.81. The number of carbonyl (C=O) groups excluding carboxylic acids is 1. The number of nitrogens with zero attached hydrogens (tertiary/aromatic N) is 4. The molecule has 1 aromatic rings. The summed E-state index contributed by atoms with van der Waals surface area (Å²) in [6.07, 6.45) is -6.99. The summed E-state index contributed by atoms with van der Waals surface area (Å²) in [6, 6.07) is 0.671. The van der Waals surface area contributed by atoms with E-state index in [0.29, 0.717) is 10.7 Å². The van der Waals surface area contributed by atoms with Crippen LogP contribution < -0.4 is 0 Å². The summed E-state index contributed by atoms with van der Waals surface area (Å²) < 4.78 is 81.9. The van der Waals surface area contributed by atoms with Crippen LogP contribution in [0.4, 0.5) is 26.3 Å². The van der Waals surface area contributed by atoms with Gasteiger partial charge < -0.3 is 9.64 Å². The van der Waals surface area contributed by atoms with Crippen LogP contribution in [0, 0.1) is 0 Å². The van der Waals surface area contributed by atoms with Gasteiger partial charge in [0.1, 0.15) is 5.69 Å². The summed E-state index contributed by atoms with van der Waals surface area (Å²) in [5, 5.41) is 3.15. The molecule has 2 aliphatic heterocycles. The smallest absolute Gasteiger partial charge is 0.433 e. The summed E-state index contributed by atoms with van der Waals surface area (Å²) >= 11 is 6.46. The van der Waals surface area contributed by atoms with Gasteiger partial charge in [-0.2, -0.15) is 31.4 Å². The first-order chi connectivity index (χ1) is 13.4. The van der Waals surface area contributed by atoms with E-state index in [0.717, 1.165) is 28.9 Å². The fraction of sp³-hybridized carbons (Fsp3) is 0.467. The number of hydrogen-bond donors (Lipinski definition) is 0. The Kier molecular flexibility index (Phi) is 5.73. The van der Waals surface area contributed by atoms with Crippen molar-refractivity contribution >= 4 is 29.3 Å². The monoisotopic (exact) mass is 462 g/mol. The molecule has 1 atom stereocenters. The molecule has 0 bridgehead atoms. The molecule has 0 saturated heterocycles. The van der Waals surface area contributed by atoms with Crippen LogP contribution >= 0.6 is 23.4 Å². The van der Waals surface area contributed by atoms with Crippen molar-refractivity contribution in [1.82, 2.24) is 19.6 Å². The van der Waals surface area contributed by atoms with Crippen LogP contribution in [0.15, 0.2) is 29.1 Å². The average molecular weight is 463 g/mol. The normalized spacial score (nSPS) is 20.0. The second-order valence-electron chi connectivity index (χ2n) is 5.97. The van der Waals surface area contributed by atoms with Gasteiger partial charge >= 0.3 is 12.4 Å². The summed E-state index contributed by atoms with van der Waals surface area (Å²) in [7, 11) is 0. The first-order valence-electron chi connectivity index (χ1n) is 8.07. The molecule has 1 aromatic heterocycles. The number of aromatic nitrogens is 2. The zero-order valence-corrected chi connectivity index (χ0v) is 16.2. The predicted molar refractivity (Wildman–Crippen MR) is 91.0 cm³/mol. The van der Waals surface area contributed by atoms with E-state index in [-0.39, 0.29) is 22.5 Å². The van der Waals surface area contributed by atoms with E-state index in [2.05, 4.69) is 5.10 Å². The fourth-order valence-corrected chi connectivity index (χ4v) is 4.20. The number of amides is 1. The van der Waals surface area contributed by atoms with Crippen molar-refractivity contribution in [3.63, 3.8) is 0 Å². The number of alkyl halides is 6. The molecular formula is C15H13ClF6N4O2S. The van der Waals surface area contributed by atoms with Crippen LogP contribution in [0.25, 0.3) is 0 Å². The van der Waals surface area contributed by atoms with E-state index < -0.39 is 42.6 Å². The van der Waals surface area contributed by atoms with Crippen LogP contribution in [-0.2, 0) is 22.3 Å². The second-order valence-corrected chi connectivity index (χ2v) is 7.42. The number of likely N-dealkylation sites (N-methyl/N-ethyl adjacent to an activating group) is 1. The topological polar surface area (TPSA) is 50.6 Å². The predicted octanol–water partition coefficient (Wildman–Crippen LogP) is 4.01. The van der Waals surface area contributed by atoms with E-state index >= 15 is 0 Å². The van der Waals surface area contributed by atoms with Crippen molar-refractivity contribution in [2.24, 2.45) is 0 Å². The Labute approximate surface area is 169 Å². The van der Waals surface area contributed by atoms with Crippen molar-refractivity contribution in [1.29, 1.82) is 0 Å². The molecule has 2 aliphatic rings. The zero-order chi connectivity index (χ0) is 21.6. The van der Waals surface area contributed by atoms with Crippen LogP contribution in [0.3, 0.4) is 0 Å². The average Bonchev–Trinajstić information content (AvgIpc) is 3.16. The van der Waals surface area contributed by atoms with Gasteiger partial charge in [-0.25, -0.2) is 0 Å². The first kappa shape index (κ1) is 21.7. The molecule has 0 saturated carbocycles. The number of allylic oxidation sites excluding steroid dienone is 1. The molecular weight excluding hydrogens is 450 g/mol. The summed E-state index contributed by atoms with van der Waals surface area (Å²) in [5.74, 6) is -0.598. The minimum atomic E-state index is -4.70. The third kappa shape index (κ3) is 4.77. The van der Waals surface area contributed by atoms with Crippen molar-refractivity contribution in [2.75, 3.05) is 13.2 Å². The minimum absolute atomic E-state index is 0.119. The summed E-state index contributed by atoms with van der Waals surface area (Å²) in [5.41, 5.74) is -1.65. The van der Waals surface area contributed by atoms with Gasteiger partial charge in [-0.3, -0.25) is 14.4 Å². The van der Waals surface area contributed by atoms with E-state index in [1.165, 1.54) is 0 Å². The molecule has 1 amide bonds. The fourth-order valence-electron chi connectivity index (χ4n) is 2.80. The van der Waals surface area contributed by atoms with Gasteiger partial charge in [-0.15, -0.1) is 0 Å². The highest BCUT2D eigenvalue weighted by atomic mass is 35.5. The first-order valence-corrected chi connectivity index (χ1v) is 9.33. The number of hydrogen-bond acceptors (Lipinski definition) is 5. The Morgan fingerprint density at radius 2 is 1.97 bits per heavy atom.